The number of aliphatic hydroxyl groups is 1. The quantitative estimate of drug-likeness (QED) is 0.443. The topological polar surface area (TPSA) is 115 Å². The normalized spacial score (nSPS) is 18.1. The predicted molar refractivity (Wildman–Crippen MR) is 120 cm³/mol. The van der Waals surface area contributed by atoms with Gasteiger partial charge in [0, 0.05) is 30.5 Å². The first kappa shape index (κ1) is 21.0. The summed E-state index contributed by atoms with van der Waals surface area (Å²) in [6.07, 6.45) is 3.74. The first-order valence-electron chi connectivity index (χ1n) is 10.4. The Morgan fingerprint density at radius 3 is 2.79 bits per heavy atom. The highest BCUT2D eigenvalue weighted by Crippen LogP contribution is 2.41. The minimum Gasteiger partial charge on any atom is -0.394 e. The highest BCUT2D eigenvalue weighted by Gasteiger charge is 2.33. The molecule has 5 rings (SSSR count). The van der Waals surface area contributed by atoms with E-state index in [1.54, 1.807) is 30.6 Å². The summed E-state index contributed by atoms with van der Waals surface area (Å²) < 4.78 is 28.6. The molecule has 0 radical (unpaired) electrons. The fourth-order valence-corrected chi connectivity index (χ4v) is 4.48. The molecular formula is C24H20F2N6O. The number of anilines is 1. The molecule has 2 aromatic heterocycles. The molecule has 0 spiro atoms. The molecule has 0 amide bonds. The molecule has 1 aliphatic heterocycles. The third-order valence-corrected chi connectivity index (χ3v) is 5.92. The van der Waals surface area contributed by atoms with E-state index in [4.69, 9.17) is 5.73 Å². The predicted octanol–water partition coefficient (Wildman–Crippen LogP) is 3.34. The van der Waals surface area contributed by atoms with Crippen LogP contribution in [0.2, 0.25) is 0 Å². The van der Waals surface area contributed by atoms with Gasteiger partial charge in [-0.3, -0.25) is 4.98 Å². The average molecular weight is 446 g/mol. The number of aromatic amines is 1. The number of hydrogen-bond donors (Lipinski definition) is 3. The van der Waals surface area contributed by atoms with E-state index in [1.807, 2.05) is 11.0 Å². The Kier molecular flexibility index (Phi) is 5.24. The van der Waals surface area contributed by atoms with Crippen LogP contribution >= 0.6 is 0 Å². The van der Waals surface area contributed by atoms with Crippen LogP contribution in [0, 0.1) is 23.0 Å². The SMILES string of the molecule is N#Cc1cc(F)cc(-c2cncc(-c3nc4c(F)cccc4[nH]3)c2N2C[C@@H](N)C[C@H]2CO)c1. The maximum absolute atomic E-state index is 14.3. The summed E-state index contributed by atoms with van der Waals surface area (Å²) in [6, 6.07) is 10.2. The molecule has 166 valence electrons. The number of hydrogen-bond acceptors (Lipinski definition) is 6. The van der Waals surface area contributed by atoms with Crippen LogP contribution in [0.5, 0.6) is 0 Å². The van der Waals surface area contributed by atoms with Crippen LogP contribution in [-0.4, -0.2) is 45.3 Å². The number of aromatic nitrogens is 3. The Balaban J connectivity index is 1.78. The van der Waals surface area contributed by atoms with E-state index in [2.05, 4.69) is 15.0 Å². The molecule has 0 saturated carbocycles. The van der Waals surface area contributed by atoms with Gasteiger partial charge in [-0.05, 0) is 42.3 Å². The van der Waals surface area contributed by atoms with Crippen LogP contribution < -0.4 is 10.6 Å². The van der Waals surface area contributed by atoms with Crippen molar-refractivity contribution in [3.8, 4) is 28.6 Å². The Bertz CT molecular complexity index is 1400. The third-order valence-electron chi connectivity index (χ3n) is 5.92. The largest absolute Gasteiger partial charge is 0.394 e. The lowest BCUT2D eigenvalue weighted by Gasteiger charge is -2.29. The number of H-pyrrole nitrogens is 1. The molecular weight excluding hydrogens is 426 g/mol. The third kappa shape index (κ3) is 3.69. The van der Waals surface area contributed by atoms with Crippen LogP contribution in [0.4, 0.5) is 14.5 Å². The zero-order chi connectivity index (χ0) is 23.1. The molecule has 3 heterocycles. The van der Waals surface area contributed by atoms with E-state index < -0.39 is 11.6 Å². The minimum absolute atomic E-state index is 0.129. The van der Waals surface area contributed by atoms with E-state index in [0.29, 0.717) is 46.7 Å². The zero-order valence-electron chi connectivity index (χ0n) is 17.5. The Morgan fingerprint density at radius 2 is 2.03 bits per heavy atom. The number of nitriles is 1. The molecule has 7 nitrogen and oxygen atoms in total. The number of fused-ring (bicyclic) bond motifs is 1. The number of nitrogens with zero attached hydrogens (tertiary/aromatic N) is 4. The fourth-order valence-electron chi connectivity index (χ4n) is 4.48. The average Bonchev–Trinajstić information content (AvgIpc) is 3.42. The lowest BCUT2D eigenvalue weighted by atomic mass is 9.99. The minimum atomic E-state index is -0.553. The molecule has 2 atom stereocenters. The summed E-state index contributed by atoms with van der Waals surface area (Å²) in [4.78, 5) is 13.9. The molecule has 1 saturated heterocycles. The summed E-state index contributed by atoms with van der Waals surface area (Å²) in [5, 5.41) is 19.4. The molecule has 9 heteroatoms. The summed E-state index contributed by atoms with van der Waals surface area (Å²) in [5.41, 5.74) is 9.29. The van der Waals surface area contributed by atoms with Gasteiger partial charge in [-0.15, -0.1) is 0 Å². The van der Waals surface area contributed by atoms with Crippen molar-refractivity contribution in [1.29, 1.82) is 5.26 Å². The van der Waals surface area contributed by atoms with Crippen molar-refractivity contribution in [3.05, 3.63) is 66.0 Å². The molecule has 0 aliphatic carbocycles. The number of nitrogens with one attached hydrogen (secondary N) is 1. The molecule has 0 unspecified atom stereocenters. The highest BCUT2D eigenvalue weighted by atomic mass is 19.1. The van der Waals surface area contributed by atoms with Gasteiger partial charge in [0.1, 0.15) is 17.2 Å². The van der Waals surface area contributed by atoms with Gasteiger partial charge >= 0.3 is 0 Å². The van der Waals surface area contributed by atoms with Crippen LogP contribution in [0.25, 0.3) is 33.5 Å². The molecule has 0 bridgehead atoms. The van der Waals surface area contributed by atoms with Crippen molar-refractivity contribution in [2.24, 2.45) is 5.73 Å². The van der Waals surface area contributed by atoms with Gasteiger partial charge in [0.15, 0.2) is 5.82 Å². The maximum atomic E-state index is 14.3. The van der Waals surface area contributed by atoms with Crippen molar-refractivity contribution >= 4 is 16.7 Å². The van der Waals surface area contributed by atoms with E-state index in [-0.39, 0.29) is 29.8 Å². The summed E-state index contributed by atoms with van der Waals surface area (Å²) in [6.45, 7) is 0.320. The maximum Gasteiger partial charge on any atom is 0.151 e. The molecule has 1 aliphatic rings. The second-order valence-electron chi connectivity index (χ2n) is 8.13. The van der Waals surface area contributed by atoms with Gasteiger partial charge in [0.05, 0.1) is 41.0 Å². The van der Waals surface area contributed by atoms with E-state index in [0.717, 1.165) is 6.07 Å². The number of halogens is 2. The lowest BCUT2D eigenvalue weighted by molar-refractivity contribution is 0.265. The number of rotatable bonds is 4. The van der Waals surface area contributed by atoms with Gasteiger partial charge in [-0.1, -0.05) is 6.07 Å². The molecule has 4 N–H and O–H groups in total. The molecule has 2 aromatic carbocycles. The van der Waals surface area contributed by atoms with Crippen LogP contribution in [0.1, 0.15) is 12.0 Å². The van der Waals surface area contributed by atoms with E-state index >= 15 is 0 Å². The Hall–Kier alpha value is -3.87. The number of para-hydroxylation sites is 1. The summed E-state index contributed by atoms with van der Waals surface area (Å²) in [5.74, 6) is -0.627. The molecule has 4 aromatic rings. The highest BCUT2D eigenvalue weighted by molar-refractivity contribution is 5.91. The standard InChI is InChI=1S/C24H20F2N6O/c25-15-5-13(8-27)4-14(6-15)18-9-29-10-19(23(18)32-11-16(28)7-17(32)12-33)24-30-21-3-1-2-20(26)22(21)31-24/h1-6,9-10,16-17,33H,7,11-12,28H2,(H,30,31)/t16-,17-/m0/s1. The van der Waals surface area contributed by atoms with Gasteiger partial charge < -0.3 is 20.7 Å². The van der Waals surface area contributed by atoms with Gasteiger partial charge in [0.25, 0.3) is 0 Å². The van der Waals surface area contributed by atoms with Crippen molar-refractivity contribution in [2.75, 3.05) is 18.1 Å². The number of nitrogens with two attached hydrogens (primary N) is 1. The van der Waals surface area contributed by atoms with Gasteiger partial charge in [-0.2, -0.15) is 5.26 Å². The number of aliphatic hydroxyl groups excluding tert-OH is 1. The Morgan fingerprint density at radius 1 is 1.21 bits per heavy atom. The second kappa shape index (κ2) is 8.24. The fraction of sp³-hybridized carbons (Fsp3) is 0.208. The monoisotopic (exact) mass is 446 g/mol. The van der Waals surface area contributed by atoms with Crippen LogP contribution in [-0.2, 0) is 0 Å². The molecule has 33 heavy (non-hydrogen) atoms. The zero-order valence-corrected chi connectivity index (χ0v) is 17.5. The van der Waals surface area contributed by atoms with Crippen LogP contribution in [0.15, 0.2) is 48.8 Å². The summed E-state index contributed by atoms with van der Waals surface area (Å²) >= 11 is 0. The molecule has 1 fully saturated rings. The smallest absolute Gasteiger partial charge is 0.151 e. The van der Waals surface area contributed by atoms with E-state index in [9.17, 15) is 19.1 Å². The van der Waals surface area contributed by atoms with Gasteiger partial charge in [-0.25, -0.2) is 13.8 Å². The summed E-state index contributed by atoms with van der Waals surface area (Å²) in [7, 11) is 0. The van der Waals surface area contributed by atoms with Crippen molar-refractivity contribution in [3.63, 3.8) is 0 Å². The number of benzene rings is 2. The van der Waals surface area contributed by atoms with E-state index in [1.165, 1.54) is 12.1 Å². The number of pyridine rings is 1. The van der Waals surface area contributed by atoms with Gasteiger partial charge in [0.2, 0.25) is 0 Å². The number of imidazole rings is 1. The van der Waals surface area contributed by atoms with Crippen LogP contribution in [0.3, 0.4) is 0 Å². The van der Waals surface area contributed by atoms with Crippen molar-refractivity contribution in [1.82, 2.24) is 15.0 Å². The lowest BCUT2D eigenvalue weighted by Crippen LogP contribution is -2.33. The van der Waals surface area contributed by atoms with Crippen molar-refractivity contribution < 1.29 is 13.9 Å². The first-order chi connectivity index (χ1) is 16.0. The van der Waals surface area contributed by atoms with Crippen molar-refractivity contribution in [2.45, 2.75) is 18.5 Å². The Labute approximate surface area is 188 Å². The second-order valence-corrected chi connectivity index (χ2v) is 8.13. The first-order valence-corrected chi connectivity index (χ1v) is 10.4.